The van der Waals surface area contributed by atoms with Gasteiger partial charge in [-0.05, 0) is 90.0 Å². The van der Waals surface area contributed by atoms with Crippen molar-refractivity contribution in [3.63, 3.8) is 0 Å². The van der Waals surface area contributed by atoms with Gasteiger partial charge in [0.15, 0.2) is 28.7 Å². The van der Waals surface area contributed by atoms with Gasteiger partial charge in [-0.25, -0.2) is 0 Å². The summed E-state index contributed by atoms with van der Waals surface area (Å²) in [5.74, 6) is -8.27. The smallest absolute Gasteiger partial charge is 0.190 e. The molecule has 0 aliphatic heterocycles. The summed E-state index contributed by atoms with van der Waals surface area (Å²) in [4.78, 5) is 69.5. The summed E-state index contributed by atoms with van der Waals surface area (Å²) in [6.45, 7) is 12.2. The maximum Gasteiger partial charge on any atom is 0.190 e. The van der Waals surface area contributed by atoms with E-state index in [9.17, 15) is 34.2 Å². The van der Waals surface area contributed by atoms with Crippen molar-refractivity contribution >= 4 is 28.9 Å². The number of phenols is 1. The Morgan fingerprint density at radius 1 is 0.978 bits per heavy atom. The Labute approximate surface area is 264 Å². The van der Waals surface area contributed by atoms with E-state index in [4.69, 9.17) is 0 Å². The van der Waals surface area contributed by atoms with Gasteiger partial charge in [-0.3, -0.25) is 24.0 Å². The summed E-state index contributed by atoms with van der Waals surface area (Å²) in [6, 6.07) is 10.3. The lowest BCUT2D eigenvalue weighted by Crippen LogP contribution is -2.76. The molecule has 4 aliphatic carbocycles. The lowest BCUT2D eigenvalue weighted by Gasteiger charge is -2.62. The number of hydrogen-bond acceptors (Lipinski definition) is 7. The number of aliphatic hydroxyl groups is 1. The first-order valence-electron chi connectivity index (χ1n) is 16.3. The van der Waals surface area contributed by atoms with Gasteiger partial charge in [0, 0.05) is 11.3 Å². The molecule has 0 aromatic heterocycles. The van der Waals surface area contributed by atoms with E-state index in [1.807, 2.05) is 39.0 Å². The van der Waals surface area contributed by atoms with Crippen LogP contribution in [0.1, 0.15) is 99.0 Å². The number of Topliss-reactive ketones (excluding diaryl/α,β-unsaturated/α-hetero) is 5. The van der Waals surface area contributed by atoms with E-state index in [0.717, 1.165) is 25.3 Å². The van der Waals surface area contributed by atoms with Crippen LogP contribution in [0.4, 0.5) is 0 Å². The molecular weight excluding hydrogens is 568 g/mol. The molecule has 3 unspecified atom stereocenters. The third-order valence-corrected chi connectivity index (χ3v) is 11.8. The fourth-order valence-electron chi connectivity index (χ4n) is 10.1. The van der Waals surface area contributed by atoms with Gasteiger partial charge in [0.2, 0.25) is 0 Å². The highest BCUT2D eigenvalue weighted by atomic mass is 16.3. The molecule has 7 nitrogen and oxygen atoms in total. The first kappa shape index (κ1) is 31.5. The SMILES string of the molecule is CC(=O)C1C(=O)C(C(C)C)[C@@]2(C)C[C@@]3(C)Cc4c(C(C)C)cc(CC5Cc6ccccc6C5)c(O)c4C(=O)C3C(=O)[C@@]2(O)C1=O. The van der Waals surface area contributed by atoms with E-state index in [1.165, 1.54) is 11.1 Å². The van der Waals surface area contributed by atoms with Crippen molar-refractivity contribution in [2.45, 2.75) is 92.1 Å². The predicted octanol–water partition coefficient (Wildman–Crippen LogP) is 5.17. The van der Waals surface area contributed by atoms with Crippen LogP contribution in [-0.2, 0) is 44.9 Å². The van der Waals surface area contributed by atoms with Gasteiger partial charge in [0.1, 0.15) is 17.5 Å². The highest BCUT2D eigenvalue weighted by Crippen LogP contribution is 2.64. The third-order valence-electron chi connectivity index (χ3n) is 11.8. The highest BCUT2D eigenvalue weighted by molar-refractivity contribution is 6.32. The first-order valence-corrected chi connectivity index (χ1v) is 16.3. The molecule has 0 spiro atoms. The molecule has 0 bridgehead atoms. The molecule has 0 radical (unpaired) electrons. The molecule has 6 atom stereocenters. The van der Waals surface area contributed by atoms with E-state index in [-0.39, 0.29) is 41.9 Å². The van der Waals surface area contributed by atoms with E-state index in [0.29, 0.717) is 17.5 Å². The molecule has 238 valence electrons. The zero-order chi connectivity index (χ0) is 33.0. The number of fused-ring (bicyclic) bond motifs is 4. The largest absolute Gasteiger partial charge is 0.507 e. The highest BCUT2D eigenvalue weighted by Gasteiger charge is 2.76. The zero-order valence-electron chi connectivity index (χ0n) is 27.3. The van der Waals surface area contributed by atoms with Gasteiger partial charge >= 0.3 is 0 Å². The second-order valence-corrected chi connectivity index (χ2v) is 15.6. The lowest BCUT2D eigenvalue weighted by molar-refractivity contribution is -0.205. The van der Waals surface area contributed by atoms with Crippen LogP contribution in [0.25, 0.3) is 0 Å². The molecule has 2 aromatic rings. The molecule has 6 rings (SSSR count). The summed E-state index contributed by atoms with van der Waals surface area (Å²) in [6.07, 6.45) is 2.64. The molecule has 7 heteroatoms. The predicted molar refractivity (Wildman–Crippen MR) is 168 cm³/mol. The second-order valence-electron chi connectivity index (χ2n) is 15.6. The Morgan fingerprint density at radius 2 is 1.58 bits per heavy atom. The van der Waals surface area contributed by atoms with E-state index in [2.05, 4.69) is 12.1 Å². The maximum absolute atomic E-state index is 14.6. The number of aromatic hydroxyl groups is 1. The van der Waals surface area contributed by atoms with Crippen molar-refractivity contribution in [3.05, 3.63) is 63.7 Å². The summed E-state index contributed by atoms with van der Waals surface area (Å²) in [5, 5.41) is 24.0. The minimum atomic E-state index is -2.69. The van der Waals surface area contributed by atoms with Gasteiger partial charge < -0.3 is 10.2 Å². The fraction of sp³-hybridized carbons (Fsp3) is 0.553. The third kappa shape index (κ3) is 4.22. The van der Waals surface area contributed by atoms with Gasteiger partial charge in [-0.15, -0.1) is 0 Å². The molecule has 0 heterocycles. The quantitative estimate of drug-likeness (QED) is 0.446. The van der Waals surface area contributed by atoms with E-state index >= 15 is 0 Å². The van der Waals surface area contributed by atoms with E-state index < -0.39 is 63.1 Å². The van der Waals surface area contributed by atoms with Crippen molar-refractivity contribution < 1.29 is 34.2 Å². The number of carbonyl (C=O) groups is 5. The van der Waals surface area contributed by atoms with Gasteiger partial charge in [-0.1, -0.05) is 71.9 Å². The minimum absolute atomic E-state index is 0.0243. The Kier molecular flexibility index (Phi) is 7.20. The first-order chi connectivity index (χ1) is 21.0. The zero-order valence-corrected chi connectivity index (χ0v) is 27.3. The van der Waals surface area contributed by atoms with Crippen molar-refractivity contribution in [2.24, 2.45) is 40.4 Å². The molecular formula is C38H44O7. The number of hydrogen-bond donors (Lipinski definition) is 2. The van der Waals surface area contributed by atoms with Gasteiger partial charge in [0.25, 0.3) is 0 Å². The van der Waals surface area contributed by atoms with Crippen LogP contribution >= 0.6 is 0 Å². The Morgan fingerprint density at radius 3 is 2.11 bits per heavy atom. The summed E-state index contributed by atoms with van der Waals surface area (Å²) in [7, 11) is 0. The van der Waals surface area contributed by atoms with Crippen LogP contribution in [0.3, 0.4) is 0 Å². The van der Waals surface area contributed by atoms with Crippen LogP contribution in [-0.4, -0.2) is 44.7 Å². The van der Waals surface area contributed by atoms with Crippen molar-refractivity contribution in [1.82, 2.24) is 0 Å². The lowest BCUT2D eigenvalue weighted by atomic mass is 9.39. The van der Waals surface area contributed by atoms with Crippen LogP contribution < -0.4 is 0 Å². The molecule has 0 amide bonds. The van der Waals surface area contributed by atoms with Crippen molar-refractivity contribution in [1.29, 1.82) is 0 Å². The molecule has 45 heavy (non-hydrogen) atoms. The summed E-state index contributed by atoms with van der Waals surface area (Å²) >= 11 is 0. The average molecular weight is 613 g/mol. The van der Waals surface area contributed by atoms with Gasteiger partial charge in [0.05, 0.1) is 11.5 Å². The maximum atomic E-state index is 14.6. The Bertz CT molecular complexity index is 1660. The number of phenolic OH excluding ortho intramolecular Hbond substituents is 1. The average Bonchev–Trinajstić information content (AvgIpc) is 3.34. The summed E-state index contributed by atoms with van der Waals surface area (Å²) in [5.41, 5.74) is -0.239. The standard InChI is InChI=1S/C38H44O7/c1-18(2)25-15-24(14-21-12-22-10-8-9-11-23(22)13-21)31(40)28-26(25)16-36(6)17-37(7)29(19(3)4)32(41)27(20(5)39)34(43)38(37,45)35(44)30(36)33(28)42/h8-11,15,18-19,21,27,29-30,40,45H,12-14,16-17H2,1-7H3/t27?,29?,30?,36-,37-,38+/m1/s1. The molecule has 4 aliphatic rings. The molecule has 2 saturated carbocycles. The fourth-order valence-corrected chi connectivity index (χ4v) is 10.1. The number of benzene rings is 2. The van der Waals surface area contributed by atoms with Crippen LogP contribution in [0.2, 0.25) is 0 Å². The van der Waals surface area contributed by atoms with Crippen molar-refractivity contribution in [2.75, 3.05) is 0 Å². The summed E-state index contributed by atoms with van der Waals surface area (Å²) < 4.78 is 0. The Hall–Kier alpha value is -3.45. The van der Waals surface area contributed by atoms with Crippen LogP contribution in [0.5, 0.6) is 5.75 Å². The Balaban J connectivity index is 1.48. The molecule has 2 fully saturated rings. The number of rotatable bonds is 5. The normalized spacial score (nSPS) is 32.9. The van der Waals surface area contributed by atoms with Crippen LogP contribution in [0, 0.1) is 40.4 Å². The van der Waals surface area contributed by atoms with Crippen molar-refractivity contribution in [3.8, 4) is 5.75 Å². The van der Waals surface area contributed by atoms with Gasteiger partial charge in [-0.2, -0.15) is 0 Å². The number of carbonyl (C=O) groups excluding carboxylic acids is 5. The molecule has 2 aromatic carbocycles. The van der Waals surface area contributed by atoms with Crippen LogP contribution in [0.15, 0.2) is 30.3 Å². The second kappa shape index (κ2) is 10.3. The molecule has 0 saturated heterocycles. The number of ketones is 5. The minimum Gasteiger partial charge on any atom is -0.507 e. The monoisotopic (exact) mass is 612 g/mol. The topological polar surface area (TPSA) is 126 Å². The van der Waals surface area contributed by atoms with E-state index in [1.54, 1.807) is 20.8 Å². The molecule has 2 N–H and O–H groups in total.